The molecule has 0 aliphatic carbocycles. The molecule has 1 amide bonds. The fourth-order valence-electron chi connectivity index (χ4n) is 2.91. The number of hydrogen-bond acceptors (Lipinski definition) is 2. The minimum absolute atomic E-state index is 0.0606. The molecule has 0 spiro atoms. The molecular formula is C17H16N2O. The van der Waals surface area contributed by atoms with Gasteiger partial charge in [0, 0.05) is 6.54 Å². The van der Waals surface area contributed by atoms with Gasteiger partial charge in [0.2, 0.25) is 5.91 Å². The smallest absolute Gasteiger partial charge is 0.228 e. The van der Waals surface area contributed by atoms with Crippen molar-refractivity contribution in [3.05, 3.63) is 48.0 Å². The summed E-state index contributed by atoms with van der Waals surface area (Å²) in [6, 6.07) is 16.1. The van der Waals surface area contributed by atoms with Gasteiger partial charge in [0.05, 0.1) is 12.5 Å². The Morgan fingerprint density at radius 3 is 2.90 bits per heavy atom. The lowest BCUT2D eigenvalue weighted by Gasteiger charge is -2.19. The molecule has 1 unspecified atom stereocenters. The quantitative estimate of drug-likeness (QED) is 0.837. The number of fused-ring (bicyclic) bond motifs is 1. The van der Waals surface area contributed by atoms with Crippen molar-refractivity contribution < 1.29 is 4.79 Å². The summed E-state index contributed by atoms with van der Waals surface area (Å²) in [5, 5.41) is 11.3. The predicted molar refractivity (Wildman–Crippen MR) is 78.0 cm³/mol. The number of nitrogens with zero attached hydrogens (tertiary/aromatic N) is 2. The zero-order valence-electron chi connectivity index (χ0n) is 11.2. The molecular weight excluding hydrogens is 248 g/mol. The highest BCUT2D eigenvalue weighted by atomic mass is 16.2. The summed E-state index contributed by atoms with van der Waals surface area (Å²) < 4.78 is 0. The van der Waals surface area contributed by atoms with E-state index in [1.54, 1.807) is 4.90 Å². The molecule has 3 nitrogen and oxygen atoms in total. The molecule has 1 fully saturated rings. The second-order valence-electron chi connectivity index (χ2n) is 5.19. The Bertz CT molecular complexity index is 681. The van der Waals surface area contributed by atoms with Gasteiger partial charge in [-0.1, -0.05) is 42.5 Å². The van der Waals surface area contributed by atoms with E-state index < -0.39 is 0 Å². The van der Waals surface area contributed by atoms with Crippen LogP contribution < -0.4 is 0 Å². The summed E-state index contributed by atoms with van der Waals surface area (Å²) >= 11 is 0. The van der Waals surface area contributed by atoms with Crippen molar-refractivity contribution in [2.75, 3.05) is 6.54 Å². The van der Waals surface area contributed by atoms with Crippen LogP contribution in [0.5, 0.6) is 0 Å². The monoisotopic (exact) mass is 264 g/mol. The molecule has 1 heterocycles. The average Bonchev–Trinajstić information content (AvgIpc) is 2.96. The molecule has 1 saturated heterocycles. The van der Waals surface area contributed by atoms with Crippen molar-refractivity contribution >= 4 is 16.7 Å². The molecule has 0 N–H and O–H groups in total. The fourth-order valence-corrected chi connectivity index (χ4v) is 2.91. The van der Waals surface area contributed by atoms with E-state index in [4.69, 9.17) is 5.26 Å². The summed E-state index contributed by atoms with van der Waals surface area (Å²) in [4.78, 5) is 14.1. The van der Waals surface area contributed by atoms with Crippen LogP contribution in [0.3, 0.4) is 0 Å². The third-order valence-electron chi connectivity index (χ3n) is 3.94. The molecule has 0 aromatic heterocycles. The van der Waals surface area contributed by atoms with E-state index in [9.17, 15) is 4.79 Å². The first-order valence-electron chi connectivity index (χ1n) is 6.95. The largest absolute Gasteiger partial charge is 0.326 e. The van der Waals surface area contributed by atoms with Gasteiger partial charge in [-0.3, -0.25) is 4.79 Å². The van der Waals surface area contributed by atoms with Crippen LogP contribution in [0.2, 0.25) is 0 Å². The zero-order chi connectivity index (χ0) is 13.9. The van der Waals surface area contributed by atoms with E-state index in [-0.39, 0.29) is 11.9 Å². The summed E-state index contributed by atoms with van der Waals surface area (Å²) in [5.41, 5.74) is 1.04. The van der Waals surface area contributed by atoms with Crippen LogP contribution in [-0.4, -0.2) is 23.4 Å². The third-order valence-corrected chi connectivity index (χ3v) is 3.94. The fraction of sp³-hybridized carbons (Fsp3) is 0.294. The predicted octanol–water partition coefficient (Wildman–Crippen LogP) is 2.90. The maximum Gasteiger partial charge on any atom is 0.228 e. The lowest BCUT2D eigenvalue weighted by atomic mass is 10.0. The van der Waals surface area contributed by atoms with Gasteiger partial charge in [0.25, 0.3) is 0 Å². The Labute approximate surface area is 118 Å². The first-order chi connectivity index (χ1) is 9.79. The second-order valence-corrected chi connectivity index (χ2v) is 5.19. The molecule has 1 aliphatic heterocycles. The van der Waals surface area contributed by atoms with E-state index in [0.29, 0.717) is 13.0 Å². The van der Waals surface area contributed by atoms with Crippen LogP contribution in [0.25, 0.3) is 10.8 Å². The van der Waals surface area contributed by atoms with E-state index in [1.807, 2.05) is 30.3 Å². The first kappa shape index (κ1) is 12.7. The number of amides is 1. The van der Waals surface area contributed by atoms with Crippen LogP contribution in [0.15, 0.2) is 42.5 Å². The summed E-state index contributed by atoms with van der Waals surface area (Å²) in [5.74, 6) is 0.0606. The molecule has 20 heavy (non-hydrogen) atoms. The first-order valence-corrected chi connectivity index (χ1v) is 6.95. The van der Waals surface area contributed by atoms with Crippen molar-refractivity contribution in [3.8, 4) is 6.07 Å². The van der Waals surface area contributed by atoms with Gasteiger partial charge in [0.1, 0.15) is 6.04 Å². The highest BCUT2D eigenvalue weighted by Gasteiger charge is 2.28. The van der Waals surface area contributed by atoms with Gasteiger partial charge in [-0.05, 0) is 29.2 Å². The summed E-state index contributed by atoms with van der Waals surface area (Å²) in [7, 11) is 0. The maximum atomic E-state index is 12.4. The maximum absolute atomic E-state index is 12.4. The molecule has 0 saturated carbocycles. The van der Waals surface area contributed by atoms with E-state index in [2.05, 4.69) is 18.2 Å². The summed E-state index contributed by atoms with van der Waals surface area (Å²) in [6.45, 7) is 0.710. The number of benzene rings is 2. The number of carbonyl (C=O) groups excluding carboxylic acids is 1. The number of hydrogen-bond donors (Lipinski definition) is 0. The normalized spacial score (nSPS) is 18.1. The van der Waals surface area contributed by atoms with Crippen molar-refractivity contribution in [1.82, 2.24) is 4.90 Å². The molecule has 1 atom stereocenters. The van der Waals surface area contributed by atoms with E-state index in [1.165, 1.54) is 0 Å². The Morgan fingerprint density at radius 2 is 2.05 bits per heavy atom. The van der Waals surface area contributed by atoms with Gasteiger partial charge >= 0.3 is 0 Å². The number of carbonyl (C=O) groups is 1. The Morgan fingerprint density at radius 1 is 1.25 bits per heavy atom. The minimum Gasteiger partial charge on any atom is -0.326 e. The number of nitriles is 1. The number of rotatable bonds is 2. The second kappa shape index (κ2) is 5.34. The summed E-state index contributed by atoms with van der Waals surface area (Å²) in [6.07, 6.45) is 2.11. The van der Waals surface area contributed by atoms with E-state index >= 15 is 0 Å². The molecule has 100 valence electrons. The highest BCUT2D eigenvalue weighted by molar-refractivity contribution is 5.90. The standard InChI is InChI=1S/C17H16N2O/c18-12-15-8-4-10-19(15)17(20)11-14-7-3-6-13-5-1-2-9-16(13)14/h1-3,5-7,9,15H,4,8,10-11H2. The molecule has 3 heteroatoms. The van der Waals surface area contributed by atoms with Gasteiger partial charge in [-0.25, -0.2) is 0 Å². The molecule has 2 aromatic carbocycles. The minimum atomic E-state index is -0.238. The van der Waals surface area contributed by atoms with Gasteiger partial charge in [-0.2, -0.15) is 5.26 Å². The third kappa shape index (κ3) is 2.25. The van der Waals surface area contributed by atoms with E-state index in [0.717, 1.165) is 29.2 Å². The topological polar surface area (TPSA) is 44.1 Å². The van der Waals surface area contributed by atoms with Crippen LogP contribution in [0, 0.1) is 11.3 Å². The molecule has 1 aliphatic rings. The van der Waals surface area contributed by atoms with Gasteiger partial charge in [0.15, 0.2) is 0 Å². The number of likely N-dealkylation sites (tertiary alicyclic amines) is 1. The lowest BCUT2D eigenvalue weighted by Crippen LogP contribution is -2.35. The molecule has 2 aromatic rings. The zero-order valence-corrected chi connectivity index (χ0v) is 11.2. The molecule has 3 rings (SSSR count). The van der Waals surface area contributed by atoms with Crippen LogP contribution in [-0.2, 0) is 11.2 Å². The Balaban J connectivity index is 1.86. The molecule has 0 bridgehead atoms. The van der Waals surface area contributed by atoms with Crippen molar-refractivity contribution in [2.24, 2.45) is 0 Å². The average molecular weight is 264 g/mol. The van der Waals surface area contributed by atoms with Crippen LogP contribution >= 0.6 is 0 Å². The molecule has 0 radical (unpaired) electrons. The lowest BCUT2D eigenvalue weighted by molar-refractivity contribution is -0.130. The Hall–Kier alpha value is -2.34. The van der Waals surface area contributed by atoms with Crippen molar-refractivity contribution in [3.63, 3.8) is 0 Å². The SMILES string of the molecule is N#CC1CCCN1C(=O)Cc1cccc2ccccc12. The van der Waals surface area contributed by atoms with Crippen LogP contribution in [0.4, 0.5) is 0 Å². The van der Waals surface area contributed by atoms with Gasteiger partial charge < -0.3 is 4.90 Å². The highest BCUT2D eigenvalue weighted by Crippen LogP contribution is 2.22. The van der Waals surface area contributed by atoms with Gasteiger partial charge in [-0.15, -0.1) is 0 Å². The van der Waals surface area contributed by atoms with Crippen molar-refractivity contribution in [1.29, 1.82) is 5.26 Å². The van der Waals surface area contributed by atoms with Crippen molar-refractivity contribution in [2.45, 2.75) is 25.3 Å². The Kier molecular flexibility index (Phi) is 3.39. The van der Waals surface area contributed by atoms with Crippen LogP contribution in [0.1, 0.15) is 18.4 Å².